The summed E-state index contributed by atoms with van der Waals surface area (Å²) in [7, 11) is 1.61. The maximum absolute atomic E-state index is 12.6. The molecule has 32 heavy (non-hydrogen) atoms. The van der Waals surface area contributed by atoms with Crippen LogP contribution in [0.4, 0.5) is 0 Å². The van der Waals surface area contributed by atoms with Gasteiger partial charge in [0.2, 0.25) is 0 Å². The first-order valence-corrected chi connectivity index (χ1v) is 10.9. The van der Waals surface area contributed by atoms with Gasteiger partial charge in [-0.3, -0.25) is 13.9 Å². The summed E-state index contributed by atoms with van der Waals surface area (Å²) in [5.41, 5.74) is 0.871. The van der Waals surface area contributed by atoms with Crippen LogP contribution >= 0.6 is 0 Å². The number of aryl methyl sites for hydroxylation is 1. The molecule has 0 saturated carbocycles. The predicted octanol–water partition coefficient (Wildman–Crippen LogP) is 2.66. The van der Waals surface area contributed by atoms with E-state index >= 15 is 0 Å². The molecule has 3 aromatic rings. The van der Waals surface area contributed by atoms with Gasteiger partial charge in [-0.1, -0.05) is 12.1 Å². The molecule has 3 heterocycles. The lowest BCUT2D eigenvalue weighted by Crippen LogP contribution is -2.39. The first-order chi connectivity index (χ1) is 15.5. The molecule has 0 radical (unpaired) electrons. The Kier molecular flexibility index (Phi) is 6.45. The molecular formula is C23H28N4O5. The van der Waals surface area contributed by atoms with Crippen molar-refractivity contribution in [2.75, 3.05) is 20.3 Å². The Labute approximate surface area is 185 Å². The Morgan fingerprint density at radius 3 is 2.56 bits per heavy atom. The summed E-state index contributed by atoms with van der Waals surface area (Å²) in [5.74, 6) is 1.84. The van der Waals surface area contributed by atoms with Crippen LogP contribution < -0.4 is 20.7 Å². The number of nitrogens with one attached hydrogen (secondary N) is 1. The number of nitrogens with zero attached hydrogens (tertiary/aromatic N) is 3. The summed E-state index contributed by atoms with van der Waals surface area (Å²) in [6.45, 7) is 5.77. The Bertz CT molecular complexity index is 1250. The molecule has 0 unspecified atom stereocenters. The molecule has 4 rings (SSSR count). The molecule has 9 nitrogen and oxygen atoms in total. The molecule has 1 N–H and O–H groups in total. The van der Waals surface area contributed by atoms with E-state index in [4.69, 9.17) is 14.2 Å². The lowest BCUT2D eigenvalue weighted by molar-refractivity contribution is 0.0245. The molecule has 1 saturated heterocycles. The number of ether oxygens (including phenoxy) is 3. The molecule has 1 aliphatic heterocycles. The van der Waals surface area contributed by atoms with Gasteiger partial charge in [0, 0.05) is 25.9 Å². The molecule has 1 aliphatic rings. The van der Waals surface area contributed by atoms with Crippen LogP contribution in [0.3, 0.4) is 0 Å². The van der Waals surface area contributed by atoms with E-state index in [2.05, 4.69) is 9.97 Å². The van der Waals surface area contributed by atoms with E-state index < -0.39 is 0 Å². The van der Waals surface area contributed by atoms with Crippen LogP contribution in [-0.4, -0.2) is 45.5 Å². The first-order valence-electron chi connectivity index (χ1n) is 10.9. The lowest BCUT2D eigenvalue weighted by Gasteiger charge is -2.24. The predicted molar refractivity (Wildman–Crippen MR) is 122 cm³/mol. The Morgan fingerprint density at radius 2 is 1.88 bits per heavy atom. The van der Waals surface area contributed by atoms with Crippen LogP contribution in [0.1, 0.15) is 38.1 Å². The maximum atomic E-state index is 12.6. The smallest absolute Gasteiger partial charge is 0.332 e. The minimum absolute atomic E-state index is 0.123. The van der Waals surface area contributed by atoms with Crippen molar-refractivity contribution in [1.29, 1.82) is 0 Å². The largest absolute Gasteiger partial charge is 0.493 e. The number of aromatic amines is 1. The SMILES string of the molecule is CCn1c(=O)c2[nH]c(C=Cc3ccc(OC4CCOCC4)c(OC)c3)nc2n(CC)c1=O. The van der Waals surface area contributed by atoms with Gasteiger partial charge in [0.1, 0.15) is 17.4 Å². The van der Waals surface area contributed by atoms with E-state index in [0.29, 0.717) is 54.8 Å². The summed E-state index contributed by atoms with van der Waals surface area (Å²) in [5, 5.41) is 0. The maximum Gasteiger partial charge on any atom is 0.332 e. The van der Waals surface area contributed by atoms with Crippen molar-refractivity contribution in [3.05, 3.63) is 50.4 Å². The van der Waals surface area contributed by atoms with Crippen LogP contribution in [0.2, 0.25) is 0 Å². The summed E-state index contributed by atoms with van der Waals surface area (Å²) >= 11 is 0. The van der Waals surface area contributed by atoms with Crippen LogP contribution in [0, 0.1) is 0 Å². The zero-order valence-electron chi connectivity index (χ0n) is 18.6. The molecule has 0 spiro atoms. The molecule has 2 aromatic heterocycles. The molecule has 9 heteroatoms. The Morgan fingerprint density at radius 1 is 1.12 bits per heavy atom. The quantitative estimate of drug-likeness (QED) is 0.606. The molecular weight excluding hydrogens is 412 g/mol. The van der Waals surface area contributed by atoms with Gasteiger partial charge in [-0.05, 0) is 37.6 Å². The fourth-order valence-corrected chi connectivity index (χ4v) is 3.86. The molecule has 1 aromatic carbocycles. The molecule has 0 atom stereocenters. The van der Waals surface area contributed by atoms with Gasteiger partial charge in [0.15, 0.2) is 17.1 Å². The Balaban J connectivity index is 1.62. The van der Waals surface area contributed by atoms with E-state index in [1.54, 1.807) is 20.1 Å². The molecule has 0 aliphatic carbocycles. The Hall–Kier alpha value is -3.33. The second-order valence-corrected chi connectivity index (χ2v) is 7.57. The number of aromatic nitrogens is 4. The van der Waals surface area contributed by atoms with E-state index in [1.807, 2.05) is 31.2 Å². The third kappa shape index (κ3) is 4.20. The number of rotatable bonds is 7. The van der Waals surface area contributed by atoms with Gasteiger partial charge in [0.25, 0.3) is 5.56 Å². The summed E-state index contributed by atoms with van der Waals surface area (Å²) in [6.07, 6.45) is 5.48. The van der Waals surface area contributed by atoms with Gasteiger partial charge in [-0.2, -0.15) is 0 Å². The van der Waals surface area contributed by atoms with Crippen molar-refractivity contribution in [1.82, 2.24) is 19.1 Å². The second-order valence-electron chi connectivity index (χ2n) is 7.57. The van der Waals surface area contributed by atoms with Crippen LogP contribution in [-0.2, 0) is 17.8 Å². The van der Waals surface area contributed by atoms with E-state index in [1.165, 1.54) is 9.13 Å². The third-order valence-corrected chi connectivity index (χ3v) is 5.60. The number of methoxy groups -OCH3 is 1. The van der Waals surface area contributed by atoms with Crippen molar-refractivity contribution in [2.24, 2.45) is 0 Å². The van der Waals surface area contributed by atoms with Crippen molar-refractivity contribution in [3.8, 4) is 11.5 Å². The zero-order chi connectivity index (χ0) is 22.7. The van der Waals surface area contributed by atoms with Crippen LogP contribution in [0.25, 0.3) is 23.3 Å². The van der Waals surface area contributed by atoms with Crippen LogP contribution in [0.15, 0.2) is 27.8 Å². The average Bonchev–Trinajstić information content (AvgIpc) is 3.24. The van der Waals surface area contributed by atoms with Gasteiger partial charge < -0.3 is 19.2 Å². The summed E-state index contributed by atoms with van der Waals surface area (Å²) in [4.78, 5) is 32.7. The van der Waals surface area contributed by atoms with E-state index in [9.17, 15) is 9.59 Å². The highest BCUT2D eigenvalue weighted by atomic mass is 16.5. The molecule has 0 bridgehead atoms. The number of H-pyrrole nitrogens is 1. The monoisotopic (exact) mass is 440 g/mol. The van der Waals surface area contributed by atoms with E-state index in [-0.39, 0.29) is 17.4 Å². The normalized spacial score (nSPS) is 15.0. The minimum Gasteiger partial charge on any atom is -0.493 e. The molecule has 0 amide bonds. The van der Waals surface area contributed by atoms with Crippen molar-refractivity contribution in [3.63, 3.8) is 0 Å². The number of benzene rings is 1. The highest BCUT2D eigenvalue weighted by Crippen LogP contribution is 2.31. The average molecular weight is 441 g/mol. The van der Waals surface area contributed by atoms with Crippen molar-refractivity contribution in [2.45, 2.75) is 45.9 Å². The topological polar surface area (TPSA) is 100 Å². The number of hydrogen-bond donors (Lipinski definition) is 1. The fourth-order valence-electron chi connectivity index (χ4n) is 3.86. The third-order valence-electron chi connectivity index (χ3n) is 5.60. The second kappa shape index (κ2) is 9.44. The van der Waals surface area contributed by atoms with Gasteiger partial charge in [-0.15, -0.1) is 0 Å². The number of fused-ring (bicyclic) bond motifs is 1. The molecule has 170 valence electrons. The minimum atomic E-state index is -0.361. The fraction of sp³-hybridized carbons (Fsp3) is 0.435. The van der Waals surface area contributed by atoms with Gasteiger partial charge in [0.05, 0.1) is 20.3 Å². The highest BCUT2D eigenvalue weighted by Gasteiger charge is 2.18. The number of imidazole rings is 1. The van der Waals surface area contributed by atoms with Crippen molar-refractivity contribution < 1.29 is 14.2 Å². The van der Waals surface area contributed by atoms with Gasteiger partial charge in [-0.25, -0.2) is 9.78 Å². The van der Waals surface area contributed by atoms with Gasteiger partial charge >= 0.3 is 5.69 Å². The summed E-state index contributed by atoms with van der Waals surface area (Å²) in [6, 6.07) is 5.71. The van der Waals surface area contributed by atoms with Crippen molar-refractivity contribution >= 4 is 23.3 Å². The number of hydrogen-bond acceptors (Lipinski definition) is 6. The lowest BCUT2D eigenvalue weighted by atomic mass is 10.1. The van der Waals surface area contributed by atoms with E-state index in [0.717, 1.165) is 18.4 Å². The highest BCUT2D eigenvalue weighted by molar-refractivity contribution is 5.76. The zero-order valence-corrected chi connectivity index (χ0v) is 18.6. The standard InChI is InChI=1S/C23H28N4O5/c1-4-26-21-20(22(28)27(5-2)23(26)29)24-19(25-21)9-7-15-6-8-17(18(14-15)30-3)32-16-10-12-31-13-11-16/h6-9,14,16H,4-5,10-13H2,1-3H3,(H,24,25). The molecule has 1 fully saturated rings. The summed E-state index contributed by atoms with van der Waals surface area (Å²) < 4.78 is 19.7. The first kappa shape index (κ1) is 21.9. The van der Waals surface area contributed by atoms with Crippen LogP contribution in [0.5, 0.6) is 11.5 Å².